The van der Waals surface area contributed by atoms with Gasteiger partial charge in [-0.15, -0.1) is 0 Å². The van der Waals surface area contributed by atoms with E-state index in [1.165, 1.54) is 10.8 Å². The SMILES string of the molecule is O=C(O)CN1C(=O)C(=Cc2ccc(-n3c4ccccc4c4ccccc43)cc2)SC1=S. The summed E-state index contributed by atoms with van der Waals surface area (Å²) in [6.07, 6.45) is 1.75. The Morgan fingerprint density at radius 1 is 0.935 bits per heavy atom. The number of carbonyl (C=O) groups is 2. The first kappa shape index (κ1) is 19.5. The average Bonchev–Trinajstić information content (AvgIpc) is 3.24. The fraction of sp³-hybridized carbons (Fsp3) is 0.0417. The highest BCUT2D eigenvalue weighted by Gasteiger charge is 2.33. The van der Waals surface area contributed by atoms with E-state index in [9.17, 15) is 9.59 Å². The van der Waals surface area contributed by atoms with Crippen LogP contribution in [0, 0.1) is 0 Å². The molecule has 152 valence electrons. The van der Waals surface area contributed by atoms with Gasteiger partial charge in [0.2, 0.25) is 0 Å². The fourth-order valence-electron chi connectivity index (χ4n) is 3.84. The third kappa shape index (κ3) is 3.41. The Labute approximate surface area is 187 Å². The van der Waals surface area contributed by atoms with Crippen LogP contribution in [0.2, 0.25) is 0 Å². The maximum atomic E-state index is 12.5. The molecule has 0 aliphatic carbocycles. The van der Waals surface area contributed by atoms with E-state index >= 15 is 0 Å². The number of hydrogen-bond donors (Lipinski definition) is 1. The summed E-state index contributed by atoms with van der Waals surface area (Å²) in [5.41, 5.74) is 4.13. The van der Waals surface area contributed by atoms with E-state index in [4.69, 9.17) is 17.3 Å². The maximum Gasteiger partial charge on any atom is 0.323 e. The molecule has 2 heterocycles. The Bertz CT molecular complexity index is 1350. The molecule has 3 aromatic carbocycles. The second-order valence-electron chi connectivity index (χ2n) is 7.12. The van der Waals surface area contributed by atoms with E-state index in [1.54, 1.807) is 6.08 Å². The molecule has 5 nitrogen and oxygen atoms in total. The number of hydrogen-bond acceptors (Lipinski definition) is 4. The molecule has 7 heteroatoms. The molecule has 31 heavy (non-hydrogen) atoms. The smallest absolute Gasteiger partial charge is 0.323 e. The number of aliphatic carboxylic acids is 1. The molecule has 1 aliphatic heterocycles. The van der Waals surface area contributed by atoms with Crippen LogP contribution in [0.5, 0.6) is 0 Å². The first-order chi connectivity index (χ1) is 15.0. The molecule has 0 bridgehead atoms. The molecule has 1 aromatic heterocycles. The zero-order valence-electron chi connectivity index (χ0n) is 16.2. The van der Waals surface area contributed by atoms with Crippen LogP contribution in [0.1, 0.15) is 5.56 Å². The van der Waals surface area contributed by atoms with Gasteiger partial charge in [-0.2, -0.15) is 0 Å². The van der Waals surface area contributed by atoms with E-state index in [-0.39, 0.29) is 10.2 Å². The van der Waals surface area contributed by atoms with Gasteiger partial charge >= 0.3 is 5.97 Å². The topological polar surface area (TPSA) is 62.5 Å². The first-order valence-corrected chi connectivity index (χ1v) is 10.8. The molecule has 1 saturated heterocycles. The third-order valence-corrected chi connectivity index (χ3v) is 6.57. The number of carboxylic acid groups (broad SMARTS) is 1. The summed E-state index contributed by atoms with van der Waals surface area (Å²) in [7, 11) is 0. The van der Waals surface area contributed by atoms with Crippen LogP contribution in [0.15, 0.2) is 77.7 Å². The molecule has 0 unspecified atom stereocenters. The molecule has 1 N–H and O–H groups in total. The van der Waals surface area contributed by atoms with Crippen molar-refractivity contribution in [1.82, 2.24) is 9.47 Å². The van der Waals surface area contributed by atoms with Crippen molar-refractivity contribution in [2.45, 2.75) is 0 Å². The zero-order valence-corrected chi connectivity index (χ0v) is 17.8. The monoisotopic (exact) mass is 444 g/mol. The lowest BCUT2D eigenvalue weighted by atomic mass is 10.2. The number of thiocarbonyl (C=S) groups is 1. The van der Waals surface area contributed by atoms with E-state index < -0.39 is 12.5 Å². The number of amides is 1. The van der Waals surface area contributed by atoms with Crippen LogP contribution in [0.25, 0.3) is 33.6 Å². The lowest BCUT2D eigenvalue weighted by molar-refractivity contribution is -0.140. The van der Waals surface area contributed by atoms with Gasteiger partial charge in [-0.25, -0.2) is 0 Å². The Hall–Kier alpha value is -3.42. The Morgan fingerprint density at radius 2 is 1.52 bits per heavy atom. The van der Waals surface area contributed by atoms with Gasteiger partial charge in [-0.3, -0.25) is 14.5 Å². The number of aromatic nitrogens is 1. The van der Waals surface area contributed by atoms with E-state index in [0.29, 0.717) is 4.91 Å². The van der Waals surface area contributed by atoms with Gasteiger partial charge in [0.1, 0.15) is 10.9 Å². The fourth-order valence-corrected chi connectivity index (χ4v) is 5.10. The largest absolute Gasteiger partial charge is 0.480 e. The second kappa shape index (κ2) is 7.68. The zero-order chi connectivity index (χ0) is 21.5. The highest BCUT2D eigenvalue weighted by Crippen LogP contribution is 2.34. The number of carboxylic acids is 1. The number of benzene rings is 3. The molecule has 0 spiro atoms. The van der Waals surface area contributed by atoms with Crippen molar-refractivity contribution in [1.29, 1.82) is 0 Å². The van der Waals surface area contributed by atoms with E-state index in [2.05, 4.69) is 28.8 Å². The van der Waals surface area contributed by atoms with Gasteiger partial charge in [-0.1, -0.05) is 72.5 Å². The molecule has 4 aromatic rings. The van der Waals surface area contributed by atoms with Gasteiger partial charge < -0.3 is 9.67 Å². The van der Waals surface area contributed by atoms with Crippen LogP contribution in [0.3, 0.4) is 0 Å². The van der Waals surface area contributed by atoms with Crippen molar-refractivity contribution in [3.63, 3.8) is 0 Å². The molecule has 1 amide bonds. The van der Waals surface area contributed by atoms with E-state index in [0.717, 1.165) is 38.9 Å². The van der Waals surface area contributed by atoms with Crippen LogP contribution in [0.4, 0.5) is 0 Å². The van der Waals surface area contributed by atoms with Crippen LogP contribution in [-0.4, -0.2) is 37.3 Å². The lowest BCUT2D eigenvalue weighted by Gasteiger charge is -2.10. The minimum atomic E-state index is -1.09. The molecule has 0 atom stereocenters. The third-order valence-electron chi connectivity index (χ3n) is 5.20. The van der Waals surface area contributed by atoms with Crippen LogP contribution < -0.4 is 0 Å². The second-order valence-corrected chi connectivity index (χ2v) is 8.80. The normalized spacial score (nSPS) is 15.5. The van der Waals surface area contributed by atoms with E-state index in [1.807, 2.05) is 48.5 Å². The van der Waals surface area contributed by atoms with Gasteiger partial charge in [-0.05, 0) is 35.9 Å². The predicted octanol–water partition coefficient (Wildman–Crippen LogP) is 5.07. The van der Waals surface area contributed by atoms with Gasteiger partial charge in [0, 0.05) is 16.5 Å². The first-order valence-electron chi connectivity index (χ1n) is 9.59. The Kier molecular flexibility index (Phi) is 4.84. The summed E-state index contributed by atoms with van der Waals surface area (Å²) < 4.78 is 2.49. The maximum absolute atomic E-state index is 12.5. The minimum Gasteiger partial charge on any atom is -0.480 e. The van der Waals surface area contributed by atoms with Crippen LogP contribution >= 0.6 is 24.0 Å². The highest BCUT2D eigenvalue weighted by atomic mass is 32.2. The number of para-hydroxylation sites is 2. The number of nitrogens with zero attached hydrogens (tertiary/aromatic N) is 2. The number of thioether (sulfide) groups is 1. The summed E-state index contributed by atoms with van der Waals surface area (Å²) in [5, 5.41) is 11.4. The molecule has 0 saturated carbocycles. The Morgan fingerprint density at radius 3 is 2.10 bits per heavy atom. The van der Waals surface area contributed by atoms with Gasteiger partial charge in [0.05, 0.1) is 15.9 Å². The molecular formula is C24H16N2O3S2. The summed E-state index contributed by atoms with van der Waals surface area (Å²) in [4.78, 5) is 25.0. The van der Waals surface area contributed by atoms with Gasteiger partial charge in [0.15, 0.2) is 0 Å². The number of rotatable bonds is 4. The molecular weight excluding hydrogens is 428 g/mol. The van der Waals surface area contributed by atoms with Crippen molar-refractivity contribution in [2.75, 3.05) is 6.54 Å². The lowest BCUT2D eigenvalue weighted by Crippen LogP contribution is -2.33. The standard InChI is InChI=1S/C24H16N2O3S2/c27-22(28)14-25-23(29)21(31-24(25)30)13-15-9-11-16(12-10-15)26-19-7-3-1-5-17(19)18-6-2-4-8-20(18)26/h1-13H,14H2,(H,27,28). The van der Waals surface area contributed by atoms with Crippen molar-refractivity contribution >= 4 is 68.1 Å². The number of fused-ring (bicyclic) bond motifs is 3. The number of carbonyl (C=O) groups excluding carboxylic acids is 1. The highest BCUT2D eigenvalue weighted by molar-refractivity contribution is 8.26. The molecule has 1 aliphatic rings. The molecule has 1 fully saturated rings. The quantitative estimate of drug-likeness (QED) is 0.352. The van der Waals surface area contributed by atoms with Gasteiger partial charge in [0.25, 0.3) is 5.91 Å². The Balaban J connectivity index is 1.52. The van der Waals surface area contributed by atoms with Crippen LogP contribution in [-0.2, 0) is 9.59 Å². The van der Waals surface area contributed by atoms with Crippen molar-refractivity contribution in [2.24, 2.45) is 0 Å². The summed E-state index contributed by atoms with van der Waals surface area (Å²) in [5.74, 6) is -1.46. The summed E-state index contributed by atoms with van der Waals surface area (Å²) in [6.45, 7) is -0.422. The summed E-state index contributed by atoms with van der Waals surface area (Å²) >= 11 is 6.28. The predicted molar refractivity (Wildman–Crippen MR) is 128 cm³/mol. The van der Waals surface area contributed by atoms with Crippen molar-refractivity contribution in [3.8, 4) is 5.69 Å². The average molecular weight is 445 g/mol. The van der Waals surface area contributed by atoms with Crippen molar-refractivity contribution < 1.29 is 14.7 Å². The summed E-state index contributed by atoms with van der Waals surface area (Å²) in [6, 6.07) is 24.6. The molecule has 0 radical (unpaired) electrons. The van der Waals surface area contributed by atoms with Crippen molar-refractivity contribution in [3.05, 3.63) is 83.3 Å². The minimum absolute atomic E-state index is 0.264. The molecule has 5 rings (SSSR count).